The molecule has 0 aliphatic carbocycles. The van der Waals surface area contributed by atoms with E-state index in [9.17, 15) is 14.0 Å². The summed E-state index contributed by atoms with van der Waals surface area (Å²) in [4.78, 5) is 30.7. The fourth-order valence-electron chi connectivity index (χ4n) is 3.01. The maximum Gasteiger partial charge on any atom is 0.352 e. The molecule has 0 unspecified atom stereocenters. The van der Waals surface area contributed by atoms with Crippen LogP contribution in [0.3, 0.4) is 0 Å². The van der Waals surface area contributed by atoms with Crippen molar-refractivity contribution in [1.29, 1.82) is 0 Å². The minimum atomic E-state index is -0.466. The van der Waals surface area contributed by atoms with Crippen LogP contribution in [0, 0.1) is 26.6 Å². The van der Waals surface area contributed by atoms with E-state index >= 15 is 0 Å². The van der Waals surface area contributed by atoms with Crippen LogP contribution in [0.15, 0.2) is 47.3 Å². The first-order valence-electron chi connectivity index (χ1n) is 8.60. The summed E-state index contributed by atoms with van der Waals surface area (Å²) in [5, 5.41) is 0.327. The van der Waals surface area contributed by atoms with Crippen LogP contribution in [-0.4, -0.2) is 22.5 Å². The Kier molecular flexibility index (Phi) is 5.34. The van der Waals surface area contributed by atoms with Gasteiger partial charge in [0.1, 0.15) is 5.82 Å². The normalized spacial score (nSPS) is 10.8. The monoisotopic (exact) mass is 399 g/mol. The third-order valence-corrected chi connectivity index (χ3v) is 4.82. The van der Waals surface area contributed by atoms with E-state index in [-0.39, 0.29) is 11.7 Å². The van der Waals surface area contributed by atoms with Gasteiger partial charge in [-0.3, -0.25) is 9.36 Å². The first kappa shape index (κ1) is 19.8. The molecule has 0 saturated carbocycles. The van der Waals surface area contributed by atoms with E-state index in [0.717, 1.165) is 0 Å². The molecule has 1 amide bonds. The minimum Gasteiger partial charge on any atom is -0.311 e. The van der Waals surface area contributed by atoms with E-state index in [1.54, 1.807) is 58.2 Å². The highest BCUT2D eigenvalue weighted by molar-refractivity contribution is 6.32. The van der Waals surface area contributed by atoms with Crippen LogP contribution in [0.25, 0.3) is 5.69 Å². The molecule has 2 aromatic carbocycles. The molecule has 0 atom stereocenters. The molecule has 0 N–H and O–H groups in total. The standard InChI is InChI=1S/C21H19ClFN3O2/c1-12-9-16(6-8-18(12)23)25(4)20(27)15-5-7-17(22)19(11-15)26-14(3)10-13(2)24-21(26)28/h5-11H,1-4H3. The van der Waals surface area contributed by atoms with Crippen molar-refractivity contribution in [3.05, 3.63) is 86.3 Å². The molecule has 3 aromatic rings. The molecular weight excluding hydrogens is 381 g/mol. The van der Waals surface area contributed by atoms with Gasteiger partial charge in [-0.15, -0.1) is 0 Å². The van der Waals surface area contributed by atoms with Crippen molar-refractivity contribution in [2.24, 2.45) is 0 Å². The number of carbonyl (C=O) groups is 1. The summed E-state index contributed by atoms with van der Waals surface area (Å²) < 4.78 is 14.9. The van der Waals surface area contributed by atoms with Crippen molar-refractivity contribution in [2.45, 2.75) is 20.8 Å². The number of aromatic nitrogens is 2. The van der Waals surface area contributed by atoms with Crippen molar-refractivity contribution in [2.75, 3.05) is 11.9 Å². The number of carbonyl (C=O) groups excluding carboxylic acids is 1. The van der Waals surface area contributed by atoms with Gasteiger partial charge < -0.3 is 4.90 Å². The number of amides is 1. The molecule has 0 saturated heterocycles. The highest BCUT2D eigenvalue weighted by Gasteiger charge is 2.18. The van der Waals surface area contributed by atoms with Crippen molar-refractivity contribution >= 4 is 23.2 Å². The first-order valence-corrected chi connectivity index (χ1v) is 8.98. The SMILES string of the molecule is Cc1cc(C)n(-c2cc(C(=O)N(C)c3ccc(F)c(C)c3)ccc2Cl)c(=O)n1. The Morgan fingerprint density at radius 2 is 1.82 bits per heavy atom. The number of rotatable bonds is 3. The molecule has 0 aliphatic rings. The number of halogens is 2. The van der Waals surface area contributed by atoms with E-state index in [4.69, 9.17) is 11.6 Å². The van der Waals surface area contributed by atoms with Crippen molar-refractivity contribution < 1.29 is 9.18 Å². The van der Waals surface area contributed by atoms with Gasteiger partial charge in [-0.1, -0.05) is 11.6 Å². The second kappa shape index (κ2) is 7.56. The molecule has 0 radical (unpaired) electrons. The predicted octanol–water partition coefficient (Wildman–Crippen LogP) is 4.23. The Labute approximate surface area is 167 Å². The van der Waals surface area contributed by atoms with Crippen molar-refractivity contribution in [3.8, 4) is 5.69 Å². The van der Waals surface area contributed by atoms with E-state index < -0.39 is 5.69 Å². The molecule has 144 valence electrons. The Hall–Kier alpha value is -2.99. The average Bonchev–Trinajstić information content (AvgIpc) is 2.63. The van der Waals surface area contributed by atoms with E-state index in [1.165, 1.54) is 21.6 Å². The molecular formula is C21H19ClFN3O2. The molecule has 5 nitrogen and oxygen atoms in total. The third kappa shape index (κ3) is 3.68. The van der Waals surface area contributed by atoms with E-state index in [0.29, 0.717) is 38.9 Å². The first-order chi connectivity index (χ1) is 13.2. The van der Waals surface area contributed by atoms with Gasteiger partial charge in [-0.2, -0.15) is 4.98 Å². The molecule has 28 heavy (non-hydrogen) atoms. The molecule has 0 aliphatic heterocycles. The number of hydrogen-bond acceptors (Lipinski definition) is 3. The summed E-state index contributed by atoms with van der Waals surface area (Å²) in [5.74, 6) is -0.644. The van der Waals surface area contributed by atoms with Crippen LogP contribution in [0.2, 0.25) is 5.02 Å². The van der Waals surface area contributed by atoms with Crippen molar-refractivity contribution in [1.82, 2.24) is 9.55 Å². The summed E-state index contributed by atoms with van der Waals surface area (Å²) in [7, 11) is 1.61. The topological polar surface area (TPSA) is 55.2 Å². The minimum absolute atomic E-state index is 0.310. The summed E-state index contributed by atoms with van der Waals surface area (Å²) in [6.45, 7) is 5.14. The molecule has 0 spiro atoms. The molecule has 7 heteroatoms. The van der Waals surface area contributed by atoms with Crippen LogP contribution < -0.4 is 10.6 Å². The van der Waals surface area contributed by atoms with Crippen LogP contribution >= 0.6 is 11.6 Å². The maximum absolute atomic E-state index is 13.5. The number of anilines is 1. The summed E-state index contributed by atoms with van der Waals surface area (Å²) >= 11 is 6.30. The van der Waals surface area contributed by atoms with Gasteiger partial charge in [0.15, 0.2) is 0 Å². The zero-order valence-electron chi connectivity index (χ0n) is 16.0. The second-order valence-electron chi connectivity index (χ2n) is 6.62. The number of benzene rings is 2. The van der Waals surface area contributed by atoms with Gasteiger partial charge in [0.2, 0.25) is 0 Å². The maximum atomic E-state index is 13.5. The Bertz CT molecular complexity index is 1140. The lowest BCUT2D eigenvalue weighted by molar-refractivity contribution is 0.0993. The third-order valence-electron chi connectivity index (χ3n) is 4.50. The van der Waals surface area contributed by atoms with Gasteiger partial charge in [0.05, 0.1) is 10.7 Å². The van der Waals surface area contributed by atoms with Gasteiger partial charge >= 0.3 is 5.69 Å². The number of hydrogen-bond donors (Lipinski definition) is 0. The Morgan fingerprint density at radius 3 is 2.46 bits per heavy atom. The lowest BCUT2D eigenvalue weighted by atomic mass is 10.1. The molecule has 1 aromatic heterocycles. The lowest BCUT2D eigenvalue weighted by Gasteiger charge is -2.19. The molecule has 1 heterocycles. The largest absolute Gasteiger partial charge is 0.352 e. The average molecular weight is 400 g/mol. The highest BCUT2D eigenvalue weighted by Crippen LogP contribution is 2.24. The summed E-state index contributed by atoms with van der Waals surface area (Å²) in [5.41, 5.74) is 2.53. The van der Waals surface area contributed by atoms with Crippen LogP contribution in [-0.2, 0) is 0 Å². The fraction of sp³-hybridized carbons (Fsp3) is 0.190. The fourth-order valence-corrected chi connectivity index (χ4v) is 3.21. The zero-order chi connectivity index (χ0) is 20.6. The highest BCUT2D eigenvalue weighted by atomic mass is 35.5. The Balaban J connectivity index is 2.05. The zero-order valence-corrected chi connectivity index (χ0v) is 16.7. The predicted molar refractivity (Wildman–Crippen MR) is 108 cm³/mol. The number of nitrogens with zero attached hydrogens (tertiary/aromatic N) is 3. The van der Waals surface area contributed by atoms with Gasteiger partial charge in [-0.05, 0) is 68.8 Å². The molecule has 0 bridgehead atoms. The van der Waals surface area contributed by atoms with Crippen LogP contribution in [0.5, 0.6) is 0 Å². The van der Waals surface area contributed by atoms with Gasteiger partial charge in [-0.25, -0.2) is 9.18 Å². The number of aryl methyl sites for hydroxylation is 3. The summed E-state index contributed by atoms with van der Waals surface area (Å²) in [6, 6.07) is 10.9. The molecule has 3 rings (SSSR count). The lowest BCUT2D eigenvalue weighted by Crippen LogP contribution is -2.27. The second-order valence-corrected chi connectivity index (χ2v) is 7.03. The van der Waals surface area contributed by atoms with Crippen LogP contribution in [0.1, 0.15) is 27.3 Å². The van der Waals surface area contributed by atoms with Gasteiger partial charge in [0, 0.05) is 29.7 Å². The Morgan fingerprint density at radius 1 is 1.11 bits per heavy atom. The van der Waals surface area contributed by atoms with Gasteiger partial charge in [0.25, 0.3) is 5.91 Å². The van der Waals surface area contributed by atoms with Crippen molar-refractivity contribution in [3.63, 3.8) is 0 Å². The smallest absolute Gasteiger partial charge is 0.311 e. The van der Waals surface area contributed by atoms with Crippen LogP contribution in [0.4, 0.5) is 10.1 Å². The molecule has 0 fully saturated rings. The van der Waals surface area contributed by atoms with E-state index in [1.807, 2.05) is 0 Å². The quantitative estimate of drug-likeness (QED) is 0.662. The summed E-state index contributed by atoms with van der Waals surface area (Å²) in [6.07, 6.45) is 0. The van der Waals surface area contributed by atoms with E-state index in [2.05, 4.69) is 4.98 Å².